The average molecular weight is 518 g/mol. The number of aromatic nitrogens is 1. The van der Waals surface area contributed by atoms with Gasteiger partial charge in [0, 0.05) is 43.5 Å². The van der Waals surface area contributed by atoms with E-state index >= 15 is 0 Å². The van der Waals surface area contributed by atoms with Crippen molar-refractivity contribution >= 4 is 29.2 Å². The van der Waals surface area contributed by atoms with Crippen molar-refractivity contribution in [2.45, 2.75) is 43.7 Å². The number of hydrazine groups is 1. The minimum Gasteiger partial charge on any atom is -0.342 e. The largest absolute Gasteiger partial charge is 0.342 e. The molecule has 10 heteroatoms. The summed E-state index contributed by atoms with van der Waals surface area (Å²) in [4.78, 5) is 50.1. The van der Waals surface area contributed by atoms with E-state index in [0.29, 0.717) is 50.4 Å². The van der Waals surface area contributed by atoms with E-state index in [2.05, 4.69) is 26.1 Å². The summed E-state index contributed by atoms with van der Waals surface area (Å²) >= 11 is 0. The zero-order valence-electron chi connectivity index (χ0n) is 21.5. The van der Waals surface area contributed by atoms with Gasteiger partial charge in [0.2, 0.25) is 11.8 Å². The number of carbonyl (C=O) groups excluding carboxylic acids is 3. The third kappa shape index (κ3) is 4.63. The lowest BCUT2D eigenvalue weighted by Gasteiger charge is -2.44. The number of hydrogen-bond acceptors (Lipinski definition) is 7. The second-order valence-corrected chi connectivity index (χ2v) is 10.9. The lowest BCUT2D eigenvalue weighted by molar-refractivity contribution is -0.142. The molecule has 3 atom stereocenters. The molecule has 200 valence electrons. The molecule has 3 saturated heterocycles. The molecule has 4 heterocycles. The molecule has 0 radical (unpaired) electrons. The van der Waals surface area contributed by atoms with Crippen LogP contribution in [0.2, 0.25) is 0 Å². The molecule has 2 aromatic rings. The molecule has 4 fully saturated rings. The Kier molecular flexibility index (Phi) is 6.75. The maximum Gasteiger partial charge on any atom is 0.250 e. The third-order valence-electron chi connectivity index (χ3n) is 8.73. The maximum atomic E-state index is 13.9. The minimum atomic E-state index is -0.764. The van der Waals surface area contributed by atoms with Crippen molar-refractivity contribution in [3.63, 3.8) is 0 Å². The Morgan fingerprint density at radius 1 is 1.05 bits per heavy atom. The minimum absolute atomic E-state index is 0.0458. The smallest absolute Gasteiger partial charge is 0.250 e. The third-order valence-corrected chi connectivity index (χ3v) is 8.73. The predicted molar refractivity (Wildman–Crippen MR) is 143 cm³/mol. The summed E-state index contributed by atoms with van der Waals surface area (Å²) in [5.41, 5.74) is 6.76. The molecule has 3 amide bonds. The zero-order valence-corrected chi connectivity index (χ0v) is 21.5. The van der Waals surface area contributed by atoms with Crippen LogP contribution in [-0.2, 0) is 14.4 Å². The van der Waals surface area contributed by atoms with Crippen molar-refractivity contribution in [2.24, 2.45) is 11.8 Å². The number of rotatable bonds is 5. The number of anilines is 2. The SMILES string of the molecule is O=C(CN1CN(c2ccccc2)C2(CCN(C(=O)C3CCC4NNCC4C3)CC2)C1=O)Nc1ccccn1. The molecule has 4 aliphatic rings. The molecule has 6 rings (SSSR count). The van der Waals surface area contributed by atoms with E-state index in [1.165, 1.54) is 0 Å². The fraction of sp³-hybridized carbons (Fsp3) is 0.500. The number of benzene rings is 1. The molecule has 1 spiro atoms. The van der Waals surface area contributed by atoms with Gasteiger partial charge in [0.1, 0.15) is 17.9 Å². The van der Waals surface area contributed by atoms with Crippen molar-refractivity contribution in [3.05, 3.63) is 54.7 Å². The Balaban J connectivity index is 1.15. The predicted octanol–water partition coefficient (Wildman–Crippen LogP) is 1.58. The highest BCUT2D eigenvalue weighted by atomic mass is 16.2. The first-order valence-electron chi connectivity index (χ1n) is 13.6. The van der Waals surface area contributed by atoms with Gasteiger partial charge >= 0.3 is 0 Å². The summed E-state index contributed by atoms with van der Waals surface area (Å²) in [6, 6.07) is 15.7. The van der Waals surface area contributed by atoms with Crippen LogP contribution in [0.3, 0.4) is 0 Å². The quantitative estimate of drug-likeness (QED) is 0.553. The first-order valence-corrected chi connectivity index (χ1v) is 13.6. The van der Waals surface area contributed by atoms with E-state index < -0.39 is 5.54 Å². The highest BCUT2D eigenvalue weighted by Gasteiger charge is 2.54. The summed E-state index contributed by atoms with van der Waals surface area (Å²) in [6.07, 6.45) is 5.55. The number of nitrogens with zero attached hydrogens (tertiary/aromatic N) is 4. The van der Waals surface area contributed by atoms with Crippen molar-refractivity contribution in [2.75, 3.05) is 43.1 Å². The van der Waals surface area contributed by atoms with Gasteiger partial charge in [-0.25, -0.2) is 4.98 Å². The highest BCUT2D eigenvalue weighted by Crippen LogP contribution is 2.40. The fourth-order valence-corrected chi connectivity index (χ4v) is 6.70. The molecule has 1 aliphatic carbocycles. The summed E-state index contributed by atoms with van der Waals surface area (Å²) < 4.78 is 0. The molecule has 0 bridgehead atoms. The van der Waals surface area contributed by atoms with Crippen LogP contribution in [0.15, 0.2) is 54.7 Å². The lowest BCUT2D eigenvalue weighted by atomic mass is 9.77. The van der Waals surface area contributed by atoms with Gasteiger partial charge < -0.3 is 20.0 Å². The second kappa shape index (κ2) is 10.3. The molecule has 1 aromatic carbocycles. The zero-order chi connectivity index (χ0) is 26.1. The first-order chi connectivity index (χ1) is 18.5. The number of hydrogen-bond donors (Lipinski definition) is 3. The van der Waals surface area contributed by atoms with E-state index in [0.717, 1.165) is 31.5 Å². The van der Waals surface area contributed by atoms with Crippen molar-refractivity contribution in [1.82, 2.24) is 25.6 Å². The number of para-hydroxylation sites is 1. The Hall–Kier alpha value is -3.50. The van der Waals surface area contributed by atoms with Crippen LogP contribution in [0.25, 0.3) is 0 Å². The van der Waals surface area contributed by atoms with Crippen LogP contribution in [0.1, 0.15) is 32.1 Å². The van der Waals surface area contributed by atoms with Crippen molar-refractivity contribution in [1.29, 1.82) is 0 Å². The fourth-order valence-electron chi connectivity index (χ4n) is 6.70. The summed E-state index contributed by atoms with van der Waals surface area (Å²) in [7, 11) is 0. The molecular formula is C28H35N7O3. The number of amides is 3. The molecule has 3 N–H and O–H groups in total. The van der Waals surface area contributed by atoms with Gasteiger partial charge in [-0.1, -0.05) is 24.3 Å². The van der Waals surface area contributed by atoms with Crippen LogP contribution in [0, 0.1) is 11.8 Å². The second-order valence-electron chi connectivity index (χ2n) is 10.9. The van der Waals surface area contributed by atoms with Gasteiger partial charge in [0.15, 0.2) is 0 Å². The van der Waals surface area contributed by atoms with Crippen LogP contribution in [0.5, 0.6) is 0 Å². The Morgan fingerprint density at radius 2 is 1.84 bits per heavy atom. The maximum absolute atomic E-state index is 13.9. The van der Waals surface area contributed by atoms with Gasteiger partial charge in [-0.3, -0.25) is 25.2 Å². The molecule has 3 unspecified atom stereocenters. The summed E-state index contributed by atoms with van der Waals surface area (Å²) in [5, 5.41) is 2.79. The number of pyridine rings is 1. The Labute approximate surface area is 222 Å². The van der Waals surface area contributed by atoms with Gasteiger partial charge in [0.05, 0.1) is 6.67 Å². The average Bonchev–Trinajstić information content (AvgIpc) is 3.53. The van der Waals surface area contributed by atoms with Gasteiger partial charge in [0.25, 0.3) is 5.91 Å². The Morgan fingerprint density at radius 3 is 2.61 bits per heavy atom. The molecular weight excluding hydrogens is 482 g/mol. The molecule has 3 aliphatic heterocycles. The lowest BCUT2D eigenvalue weighted by Crippen LogP contribution is -2.58. The van der Waals surface area contributed by atoms with Crippen LogP contribution >= 0.6 is 0 Å². The number of likely N-dealkylation sites (tertiary alicyclic amines) is 1. The van der Waals surface area contributed by atoms with E-state index in [-0.39, 0.29) is 30.2 Å². The van der Waals surface area contributed by atoms with Gasteiger partial charge in [-0.05, 0) is 62.3 Å². The standard InChI is InChI=1S/C28H35N7O3/c36-25(31-24-8-4-5-13-29-24)18-34-19-35(22-6-2-1-3-7-22)28(27(34)38)11-14-33(15-12-28)26(37)20-9-10-23-21(16-20)17-30-32-23/h1-8,13,20-21,23,30,32H,9-12,14-19H2,(H,29,31,36). The van der Waals surface area contributed by atoms with E-state index in [1.54, 1.807) is 29.3 Å². The number of carbonyl (C=O) groups is 3. The first kappa shape index (κ1) is 24.8. The topological polar surface area (TPSA) is 110 Å². The number of nitrogens with one attached hydrogen (secondary N) is 3. The number of fused-ring (bicyclic) bond motifs is 1. The van der Waals surface area contributed by atoms with Crippen LogP contribution < -0.4 is 21.1 Å². The molecule has 38 heavy (non-hydrogen) atoms. The summed E-state index contributed by atoms with van der Waals surface area (Å²) in [5.74, 6) is 0.930. The molecule has 1 saturated carbocycles. The van der Waals surface area contributed by atoms with E-state index in [1.807, 2.05) is 35.2 Å². The highest BCUT2D eigenvalue weighted by molar-refractivity contribution is 5.99. The number of piperidine rings is 1. The monoisotopic (exact) mass is 517 g/mol. The Bertz CT molecular complexity index is 1170. The van der Waals surface area contributed by atoms with Crippen LogP contribution in [0.4, 0.5) is 11.5 Å². The molecule has 1 aromatic heterocycles. The van der Waals surface area contributed by atoms with E-state index in [9.17, 15) is 14.4 Å². The van der Waals surface area contributed by atoms with Crippen molar-refractivity contribution in [3.8, 4) is 0 Å². The van der Waals surface area contributed by atoms with E-state index in [4.69, 9.17) is 0 Å². The normalized spacial score (nSPS) is 26.5. The van der Waals surface area contributed by atoms with Crippen LogP contribution in [-0.4, -0.2) is 76.9 Å². The summed E-state index contributed by atoms with van der Waals surface area (Å²) in [6.45, 7) is 2.29. The van der Waals surface area contributed by atoms with Gasteiger partial charge in [-0.2, -0.15) is 0 Å². The van der Waals surface area contributed by atoms with Crippen molar-refractivity contribution < 1.29 is 14.4 Å². The molecule has 10 nitrogen and oxygen atoms in total. The van der Waals surface area contributed by atoms with Gasteiger partial charge in [-0.15, -0.1) is 0 Å².